The zero-order chi connectivity index (χ0) is 57.1. The highest BCUT2D eigenvalue weighted by Crippen LogP contribution is 2.44. The summed E-state index contributed by atoms with van der Waals surface area (Å²) in [7, 11) is 0. The molecule has 0 fully saturated rings. The number of benzene rings is 6. The van der Waals surface area contributed by atoms with Crippen molar-refractivity contribution >= 4 is 11.0 Å². The van der Waals surface area contributed by atoms with E-state index < -0.39 is 61.1 Å². The van der Waals surface area contributed by atoms with Crippen molar-refractivity contribution in [1.29, 1.82) is 0 Å². The van der Waals surface area contributed by atoms with E-state index in [0.717, 1.165) is 50.1 Å². The highest BCUT2D eigenvalue weighted by Gasteiger charge is 2.26. The molecule has 2 aromatic heterocycles. The molecular formula is C60H65N3O. The highest BCUT2D eigenvalue weighted by atomic mass is 16.3. The molecule has 2 heterocycles. The van der Waals surface area contributed by atoms with E-state index in [-0.39, 0.29) is 27.7 Å². The maximum absolute atomic E-state index is 12.0. The lowest BCUT2D eigenvalue weighted by atomic mass is 9.83. The van der Waals surface area contributed by atoms with Crippen LogP contribution in [-0.2, 0) is 21.7 Å². The zero-order valence-corrected chi connectivity index (χ0v) is 38.7. The number of hydrogen-bond donors (Lipinski definition) is 1. The van der Waals surface area contributed by atoms with Crippen LogP contribution in [0.4, 0.5) is 0 Å². The number of hydrogen-bond acceptors (Lipinski definition) is 3. The van der Waals surface area contributed by atoms with Crippen molar-refractivity contribution in [2.24, 2.45) is 0 Å². The fraction of sp³-hybridized carbons (Fsp3) is 0.300. The topological polar surface area (TPSA) is 50.9 Å². The molecule has 0 saturated carbocycles. The average molecular weight is 857 g/mol. The van der Waals surface area contributed by atoms with Crippen LogP contribution in [-0.4, -0.2) is 19.6 Å². The fourth-order valence-corrected chi connectivity index (χ4v) is 8.22. The number of rotatable bonds is 6. The second kappa shape index (κ2) is 16.1. The molecule has 8 aromatic rings. The number of imidazole rings is 1. The van der Waals surface area contributed by atoms with Gasteiger partial charge in [0, 0.05) is 35.2 Å². The van der Waals surface area contributed by atoms with Gasteiger partial charge in [0.1, 0.15) is 11.6 Å². The number of aryl methyl sites for hydroxylation is 2. The molecule has 8 rings (SSSR count). The molecule has 4 nitrogen and oxygen atoms in total. The molecular weight excluding hydrogens is 779 g/mol. The highest BCUT2D eigenvalue weighted by molar-refractivity contribution is 5.98. The van der Waals surface area contributed by atoms with Crippen LogP contribution in [0.2, 0.25) is 0 Å². The molecule has 0 aliphatic rings. The molecule has 1 N–H and O–H groups in total. The van der Waals surface area contributed by atoms with Crippen molar-refractivity contribution < 1.29 is 22.9 Å². The number of aromatic nitrogens is 3. The smallest absolute Gasteiger partial charge is 0.149 e. The van der Waals surface area contributed by atoms with E-state index in [1.54, 1.807) is 6.07 Å². The van der Waals surface area contributed by atoms with Gasteiger partial charge in [-0.2, -0.15) is 0 Å². The third-order valence-electron chi connectivity index (χ3n) is 12.0. The fourth-order valence-electron chi connectivity index (χ4n) is 8.22. The van der Waals surface area contributed by atoms with Gasteiger partial charge in [0.05, 0.1) is 33.5 Å². The number of phenols is 1. The summed E-state index contributed by atoms with van der Waals surface area (Å²) in [6.45, 7) is 11.8. The summed E-state index contributed by atoms with van der Waals surface area (Å²) >= 11 is 0. The molecule has 0 atom stereocenters. The maximum Gasteiger partial charge on any atom is 0.149 e. The predicted molar refractivity (Wildman–Crippen MR) is 272 cm³/mol. The SMILES string of the molecule is [2H]c1c([2H])c(C(C([2H])([2H])[2H])(C([2H])([2H])[2H])C([2H])([2H])[2H])c([2H])c([2H])c1-c1ccnc(-c2cc(-c3cccc4c3nc(-c3cc(C)cc(C)c3O)n4-c3cc(C(C)(C)C)ccc3-c3ccc(C(C)(C)C)cc3)cc(C(C)(C)C)c2)c1. The Morgan fingerprint density at radius 3 is 1.84 bits per heavy atom. The minimum absolute atomic E-state index is 0.0553. The monoisotopic (exact) mass is 857 g/mol. The van der Waals surface area contributed by atoms with E-state index in [0.29, 0.717) is 33.7 Å². The molecule has 0 saturated heterocycles. The standard InChI is InChI=1S/C60H65N3O/c1-37-30-38(2)55(64)50(31-37)56-62-54-49(16-15-17-52(54)63(56)53-36-46(59(9,10)11)26-27-48(53)40-20-24-45(25-21-40)58(6,7)8)42-32-43(34-47(33-42)60(12,13)14)51-35-41(28-29-61-51)39-18-22-44(23-19-39)57(3,4)5/h15-36,64H,1-14H3/i3D3,4D3,5D3,18D,19D,22D,23D. The molecule has 0 aliphatic heterocycles. The minimum atomic E-state index is -3.81. The number of para-hydroxylation sites is 1. The number of pyridine rings is 1. The van der Waals surface area contributed by atoms with Gasteiger partial charge >= 0.3 is 0 Å². The van der Waals surface area contributed by atoms with Crippen LogP contribution in [0.5, 0.6) is 5.75 Å². The Kier molecular flexibility index (Phi) is 7.72. The molecule has 0 spiro atoms. The Balaban J connectivity index is 1.39. The largest absolute Gasteiger partial charge is 0.507 e. The van der Waals surface area contributed by atoms with E-state index >= 15 is 0 Å². The summed E-state index contributed by atoms with van der Waals surface area (Å²) in [5.74, 6) is 0.652. The van der Waals surface area contributed by atoms with Gasteiger partial charge in [0.25, 0.3) is 0 Å². The second-order valence-corrected chi connectivity index (χ2v) is 20.2. The van der Waals surface area contributed by atoms with Crippen molar-refractivity contribution in [2.45, 2.75) is 118 Å². The van der Waals surface area contributed by atoms with E-state index in [1.807, 2.05) is 56.3 Å². The Hall–Kier alpha value is -6.26. The molecule has 0 amide bonds. The van der Waals surface area contributed by atoms with E-state index in [2.05, 4.69) is 115 Å². The Morgan fingerprint density at radius 2 is 1.19 bits per heavy atom. The van der Waals surface area contributed by atoms with Gasteiger partial charge in [-0.1, -0.05) is 168 Å². The number of phenolic OH excluding ortho intramolecular Hbond substituents is 1. The predicted octanol–water partition coefficient (Wildman–Crippen LogP) is 16.3. The minimum Gasteiger partial charge on any atom is -0.507 e. The first-order valence-electron chi connectivity index (χ1n) is 28.2. The van der Waals surface area contributed by atoms with Crippen LogP contribution in [0.25, 0.3) is 72.7 Å². The van der Waals surface area contributed by atoms with Gasteiger partial charge in [0.15, 0.2) is 0 Å². The van der Waals surface area contributed by atoms with Crippen molar-refractivity contribution in [2.75, 3.05) is 0 Å². The van der Waals surface area contributed by atoms with Crippen LogP contribution < -0.4 is 0 Å². The lowest BCUT2D eigenvalue weighted by molar-refractivity contribution is 0.472. The summed E-state index contributed by atoms with van der Waals surface area (Å²) in [5.41, 5.74) is 6.44. The summed E-state index contributed by atoms with van der Waals surface area (Å²) < 4.78 is 113. The normalized spacial score (nSPS) is 16.1. The molecule has 0 bridgehead atoms. The van der Waals surface area contributed by atoms with Gasteiger partial charge in [-0.3, -0.25) is 9.55 Å². The molecule has 326 valence electrons. The van der Waals surface area contributed by atoms with Gasteiger partial charge in [-0.25, -0.2) is 4.98 Å². The van der Waals surface area contributed by atoms with Gasteiger partial charge in [-0.15, -0.1) is 0 Å². The Labute approximate surface area is 400 Å². The number of nitrogens with zero attached hydrogens (tertiary/aromatic N) is 3. The zero-order valence-electron chi connectivity index (χ0n) is 51.7. The Bertz CT molecular complexity index is 3560. The van der Waals surface area contributed by atoms with E-state index in [9.17, 15) is 5.11 Å². The van der Waals surface area contributed by atoms with Crippen LogP contribution >= 0.6 is 0 Å². The van der Waals surface area contributed by atoms with E-state index in [4.69, 9.17) is 27.8 Å². The molecule has 0 radical (unpaired) electrons. The summed E-state index contributed by atoms with van der Waals surface area (Å²) in [6, 6.07) is 30.4. The van der Waals surface area contributed by atoms with Gasteiger partial charge in [0.2, 0.25) is 0 Å². The second-order valence-electron chi connectivity index (χ2n) is 20.2. The Morgan fingerprint density at radius 1 is 0.531 bits per heavy atom. The first kappa shape index (κ1) is 30.8. The average Bonchev–Trinajstić information content (AvgIpc) is 3.71. The molecule has 64 heavy (non-hydrogen) atoms. The molecule has 0 aliphatic carbocycles. The van der Waals surface area contributed by atoms with Crippen LogP contribution in [0.15, 0.2) is 133 Å². The maximum atomic E-state index is 12.0. The lowest BCUT2D eigenvalue weighted by Crippen LogP contribution is -2.13. The van der Waals surface area contributed by atoms with Crippen LogP contribution in [0.1, 0.15) is 134 Å². The van der Waals surface area contributed by atoms with E-state index in [1.165, 1.54) is 17.8 Å². The van der Waals surface area contributed by atoms with Crippen molar-refractivity contribution in [3.05, 3.63) is 167 Å². The molecule has 4 heteroatoms. The first-order valence-corrected chi connectivity index (χ1v) is 21.7. The summed E-state index contributed by atoms with van der Waals surface area (Å²) in [6.07, 6.45) is 1.44. The first-order chi connectivity index (χ1) is 35.4. The van der Waals surface area contributed by atoms with Gasteiger partial charge < -0.3 is 5.11 Å². The van der Waals surface area contributed by atoms with Crippen molar-refractivity contribution in [3.8, 4) is 67.5 Å². The van der Waals surface area contributed by atoms with Crippen molar-refractivity contribution in [1.82, 2.24) is 14.5 Å². The molecule has 6 aromatic carbocycles. The van der Waals surface area contributed by atoms with Crippen molar-refractivity contribution in [3.63, 3.8) is 0 Å². The third kappa shape index (κ3) is 8.68. The lowest BCUT2D eigenvalue weighted by Gasteiger charge is -2.24. The third-order valence-corrected chi connectivity index (χ3v) is 12.0. The summed E-state index contributed by atoms with van der Waals surface area (Å²) in [4.78, 5) is 10.2. The number of fused-ring (bicyclic) bond motifs is 1. The number of aromatic hydroxyl groups is 1. The van der Waals surface area contributed by atoms with Crippen LogP contribution in [0, 0.1) is 13.8 Å². The summed E-state index contributed by atoms with van der Waals surface area (Å²) in [5, 5.41) is 12.0. The quantitative estimate of drug-likeness (QED) is 0.181. The molecule has 0 unspecified atom stereocenters. The van der Waals surface area contributed by atoms with Gasteiger partial charge in [-0.05, 0) is 134 Å². The van der Waals surface area contributed by atoms with Crippen LogP contribution in [0.3, 0.4) is 0 Å².